The quantitative estimate of drug-likeness (QED) is 0.360. The van der Waals surface area contributed by atoms with Crippen molar-refractivity contribution in [2.75, 3.05) is 39.3 Å². The number of nitrogens with zero attached hydrogens (tertiary/aromatic N) is 3. The predicted octanol–water partition coefficient (Wildman–Crippen LogP) is 1.25. The summed E-state index contributed by atoms with van der Waals surface area (Å²) < 4.78 is 1.37. The summed E-state index contributed by atoms with van der Waals surface area (Å²) in [6.07, 6.45) is 7.53. The number of hydrazine groups is 3. The molecule has 3 aliphatic heterocycles. The van der Waals surface area contributed by atoms with E-state index in [1.807, 2.05) is 0 Å². The van der Waals surface area contributed by atoms with Crippen LogP contribution in [0.5, 0.6) is 0 Å². The van der Waals surface area contributed by atoms with Crippen molar-refractivity contribution >= 4 is 87.5 Å². The fourth-order valence-corrected chi connectivity index (χ4v) is 3.65. The number of hydrogen-bond acceptors (Lipinski definition) is 9. The molecule has 3 heterocycles. The van der Waals surface area contributed by atoms with E-state index in [4.69, 9.17) is 74.5 Å². The molecule has 1 radical (unpaired) electrons. The zero-order valence-electron chi connectivity index (χ0n) is 15.7. The van der Waals surface area contributed by atoms with Crippen LogP contribution in [0.25, 0.3) is 0 Å². The van der Waals surface area contributed by atoms with Gasteiger partial charge in [0, 0.05) is 39.3 Å². The number of hydrogen-bond donors (Lipinski definition) is 3. The summed E-state index contributed by atoms with van der Waals surface area (Å²) in [5, 5.41) is 6.19. The van der Waals surface area contributed by atoms with Crippen LogP contribution in [-0.4, -0.2) is 67.3 Å². The van der Waals surface area contributed by atoms with Gasteiger partial charge in [-0.1, -0.05) is 0 Å². The fourth-order valence-electron chi connectivity index (χ4n) is 2.87. The monoisotopic (exact) mass is 535 g/mol. The van der Waals surface area contributed by atoms with Crippen LogP contribution < -0.4 is 16.3 Å². The zero-order chi connectivity index (χ0) is 20.1. The number of rotatable bonds is 3. The Morgan fingerprint density at radius 2 is 0.679 bits per heavy atom. The summed E-state index contributed by atoms with van der Waals surface area (Å²) in [5.41, 5.74) is 8.76. The molecule has 3 aliphatic rings. The van der Waals surface area contributed by atoms with Crippen LogP contribution >= 0.6 is 36.7 Å². The Bertz CT molecular complexity index is 401. The van der Waals surface area contributed by atoms with Gasteiger partial charge >= 0.3 is 17.4 Å². The first-order chi connectivity index (χ1) is 12.9. The molecule has 0 aromatic rings. The second kappa shape index (κ2) is 17.4. The van der Waals surface area contributed by atoms with Crippen molar-refractivity contribution in [3.05, 3.63) is 0 Å². The summed E-state index contributed by atoms with van der Waals surface area (Å²) in [7, 11) is 0. The second-order valence-electron chi connectivity index (χ2n) is 6.28. The molecule has 0 aromatic carbocycles. The zero-order valence-corrected chi connectivity index (χ0v) is 21.9. The predicted molar refractivity (Wildman–Crippen MR) is 132 cm³/mol. The molecule has 0 saturated carbocycles. The van der Waals surface area contributed by atoms with Gasteiger partial charge in [0.2, 0.25) is 0 Å². The average molecular weight is 536 g/mol. The van der Waals surface area contributed by atoms with Crippen molar-refractivity contribution in [1.82, 2.24) is 31.3 Å². The Balaban J connectivity index is 0.000000384. The summed E-state index contributed by atoms with van der Waals surface area (Å²) in [6.45, 7) is 6.48. The third kappa shape index (κ3) is 15.6. The van der Waals surface area contributed by atoms with E-state index in [1.54, 1.807) is 0 Å². The van der Waals surface area contributed by atoms with Crippen LogP contribution in [0.3, 0.4) is 0 Å². The van der Waals surface area contributed by atoms with Crippen LogP contribution in [0.4, 0.5) is 0 Å². The summed E-state index contributed by atoms with van der Waals surface area (Å²) in [5.74, 6) is 0. The first-order valence-electron chi connectivity index (χ1n) is 9.04. The van der Waals surface area contributed by atoms with Gasteiger partial charge in [0.1, 0.15) is 0 Å². The maximum Gasteiger partial charge on any atom is 3.00 e. The Kier molecular flexibility index (Phi) is 17.9. The molecular formula is C15H27CrN6S6. The molecule has 0 aromatic heterocycles. The van der Waals surface area contributed by atoms with E-state index in [0.29, 0.717) is 13.0 Å². The molecule has 3 rings (SSSR count). The van der Waals surface area contributed by atoms with Gasteiger partial charge in [0.05, 0.1) is 0 Å². The van der Waals surface area contributed by atoms with Crippen molar-refractivity contribution in [3.8, 4) is 0 Å². The summed E-state index contributed by atoms with van der Waals surface area (Å²) in [6, 6.07) is 0. The van der Waals surface area contributed by atoms with Crippen LogP contribution in [0.2, 0.25) is 0 Å². The van der Waals surface area contributed by atoms with Crippen molar-refractivity contribution in [1.29, 1.82) is 0 Å². The standard InChI is InChI=1S/3C5H10N2S2.Cr/c3*8-5(9)6-7-3-1-2-4-7;/h3*1-4H2,(H2,6,8,9);/q;;;+3/p-3. The maximum absolute atomic E-state index is 4.69. The Labute approximate surface area is 212 Å². The van der Waals surface area contributed by atoms with E-state index in [-0.39, 0.29) is 17.4 Å². The Morgan fingerprint density at radius 3 is 0.821 bits per heavy atom. The van der Waals surface area contributed by atoms with E-state index < -0.39 is 0 Å². The van der Waals surface area contributed by atoms with Gasteiger partial charge in [-0.05, 0) is 51.5 Å². The normalized spacial score (nSPS) is 19.3. The second-order valence-corrected chi connectivity index (χ2v) is 9.50. The Morgan fingerprint density at radius 1 is 0.500 bits per heavy atom. The van der Waals surface area contributed by atoms with E-state index in [2.05, 4.69) is 31.3 Å². The van der Waals surface area contributed by atoms with E-state index in [0.717, 1.165) is 39.3 Å². The molecule has 3 saturated heterocycles. The van der Waals surface area contributed by atoms with Crippen molar-refractivity contribution in [2.45, 2.75) is 38.5 Å². The minimum absolute atomic E-state index is 0. The minimum Gasteiger partial charge on any atom is -0.410 e. The molecule has 0 amide bonds. The summed E-state index contributed by atoms with van der Waals surface area (Å²) in [4.78, 5) is 0. The van der Waals surface area contributed by atoms with E-state index >= 15 is 0 Å². The molecule has 13 heteroatoms. The molecule has 0 aliphatic carbocycles. The van der Waals surface area contributed by atoms with Crippen molar-refractivity contribution < 1.29 is 17.4 Å². The van der Waals surface area contributed by atoms with Crippen LogP contribution in [0.15, 0.2) is 0 Å². The van der Waals surface area contributed by atoms with Gasteiger partial charge < -0.3 is 90.8 Å². The topological polar surface area (TPSA) is 45.8 Å². The number of nitrogens with one attached hydrogen (secondary N) is 3. The van der Waals surface area contributed by atoms with Gasteiger partial charge in [-0.2, -0.15) is 0 Å². The van der Waals surface area contributed by atoms with E-state index in [1.165, 1.54) is 38.5 Å². The molecule has 0 unspecified atom stereocenters. The number of thiocarbonyl (C=S) groups is 3. The SMILES string of the molecule is S=C([S-])NN1CCCC1.S=C([S-])NN1CCCC1.S=C([S-])NN1CCCC1.[Cr+3]. The van der Waals surface area contributed by atoms with Crippen LogP contribution in [0.1, 0.15) is 38.5 Å². The molecule has 3 fully saturated rings. The molecule has 3 N–H and O–H groups in total. The Hall–Kier alpha value is 0.742. The van der Waals surface area contributed by atoms with Gasteiger partial charge in [-0.3, -0.25) is 0 Å². The average Bonchev–Trinajstić information content (AvgIpc) is 3.30. The first kappa shape index (κ1) is 28.7. The van der Waals surface area contributed by atoms with Gasteiger partial charge in [0.15, 0.2) is 0 Å². The third-order valence-electron chi connectivity index (χ3n) is 4.07. The molecule has 28 heavy (non-hydrogen) atoms. The van der Waals surface area contributed by atoms with Crippen molar-refractivity contribution in [3.63, 3.8) is 0 Å². The van der Waals surface area contributed by atoms with Gasteiger partial charge in [0.25, 0.3) is 0 Å². The molecular weight excluding hydrogens is 509 g/mol. The van der Waals surface area contributed by atoms with Gasteiger partial charge in [-0.25, -0.2) is 15.0 Å². The molecule has 6 nitrogen and oxygen atoms in total. The van der Waals surface area contributed by atoms with Gasteiger partial charge in [-0.15, -0.1) is 0 Å². The molecule has 0 atom stereocenters. The van der Waals surface area contributed by atoms with Crippen molar-refractivity contribution in [2.24, 2.45) is 0 Å². The molecule has 159 valence electrons. The van der Waals surface area contributed by atoms with E-state index in [9.17, 15) is 0 Å². The van der Waals surface area contributed by atoms with Crippen LogP contribution in [0, 0.1) is 0 Å². The third-order valence-corrected chi connectivity index (χ3v) is 4.61. The molecule has 0 bridgehead atoms. The maximum atomic E-state index is 4.69. The minimum atomic E-state index is 0. The largest absolute Gasteiger partial charge is 3.00 e. The smallest absolute Gasteiger partial charge is 0.410 e. The summed E-state index contributed by atoms with van der Waals surface area (Å²) >= 11 is 28.2. The van der Waals surface area contributed by atoms with Crippen LogP contribution in [-0.2, 0) is 55.2 Å². The first-order valence-corrected chi connectivity index (χ1v) is 11.5. The molecule has 0 spiro atoms. The fraction of sp³-hybridized carbons (Fsp3) is 0.800.